The van der Waals surface area contributed by atoms with E-state index in [-0.39, 0.29) is 29.7 Å². The zero-order chi connectivity index (χ0) is 22.5. The van der Waals surface area contributed by atoms with Crippen LogP contribution in [0.4, 0.5) is 4.39 Å². The van der Waals surface area contributed by atoms with Crippen molar-refractivity contribution in [2.45, 2.75) is 51.4 Å². The van der Waals surface area contributed by atoms with Gasteiger partial charge >= 0.3 is 5.97 Å². The molecule has 2 aromatic carbocycles. The lowest BCUT2D eigenvalue weighted by Gasteiger charge is -2.36. The highest BCUT2D eigenvalue weighted by Crippen LogP contribution is 2.50. The number of carboxylic acid groups (broad SMARTS) is 1. The van der Waals surface area contributed by atoms with Gasteiger partial charge < -0.3 is 14.8 Å². The topological polar surface area (TPSA) is 79.5 Å². The molecule has 0 bridgehead atoms. The zero-order valence-corrected chi connectivity index (χ0v) is 17.9. The van der Waals surface area contributed by atoms with Gasteiger partial charge in [0.2, 0.25) is 0 Å². The van der Waals surface area contributed by atoms with E-state index in [4.69, 9.17) is 0 Å². The van der Waals surface area contributed by atoms with Crippen LogP contribution in [0.2, 0.25) is 0 Å². The number of nitrogens with zero attached hydrogens (tertiary/aromatic N) is 1. The minimum Gasteiger partial charge on any atom is -0.507 e. The molecule has 5 nitrogen and oxygen atoms in total. The number of carbonyl (C=O) groups excluding carboxylic acids is 1. The summed E-state index contributed by atoms with van der Waals surface area (Å²) in [4.78, 5) is 25.0. The Hall–Kier alpha value is -3.15. The second-order valence-corrected chi connectivity index (χ2v) is 8.87. The predicted octanol–water partition coefficient (Wildman–Crippen LogP) is 5.31. The smallest absolute Gasteiger partial charge is 0.306 e. The number of aromatic nitrogens is 1. The van der Waals surface area contributed by atoms with Crippen LogP contribution in [0.3, 0.4) is 0 Å². The van der Waals surface area contributed by atoms with Gasteiger partial charge in [0.1, 0.15) is 17.3 Å². The number of Topliss-reactive ketones (excluding diaryl/α,β-unsaturated/α-hetero) is 1. The average Bonchev–Trinajstić information content (AvgIpc) is 3.08. The number of aliphatic carboxylic acids is 1. The molecule has 2 atom stereocenters. The van der Waals surface area contributed by atoms with Gasteiger partial charge in [0.25, 0.3) is 0 Å². The van der Waals surface area contributed by atoms with Crippen LogP contribution >= 0.6 is 0 Å². The fraction of sp³-hybridized carbons (Fsp3) is 0.360. The first-order valence-electron chi connectivity index (χ1n) is 10.6. The molecular formula is C25H26FNO4. The summed E-state index contributed by atoms with van der Waals surface area (Å²) in [6, 6.07) is 11.2. The second kappa shape index (κ2) is 7.52. The molecule has 2 N–H and O–H groups in total. The summed E-state index contributed by atoms with van der Waals surface area (Å²) in [5, 5.41) is 21.1. The third-order valence-corrected chi connectivity index (χ3v) is 6.63. The number of carboxylic acids is 1. The molecule has 4 rings (SSSR count). The molecule has 0 spiro atoms. The number of benzene rings is 2. The number of aromatic hydroxyl groups is 1. The Balaban J connectivity index is 2.06. The summed E-state index contributed by atoms with van der Waals surface area (Å²) < 4.78 is 15.5. The third-order valence-electron chi connectivity index (χ3n) is 6.63. The number of ketones is 1. The van der Waals surface area contributed by atoms with E-state index < -0.39 is 17.3 Å². The maximum absolute atomic E-state index is 13.6. The largest absolute Gasteiger partial charge is 0.507 e. The number of halogens is 1. The molecule has 0 amide bonds. The molecule has 0 aliphatic heterocycles. The van der Waals surface area contributed by atoms with Gasteiger partial charge in [0, 0.05) is 23.2 Å². The van der Waals surface area contributed by atoms with Gasteiger partial charge in [-0.25, -0.2) is 4.39 Å². The van der Waals surface area contributed by atoms with Gasteiger partial charge in [-0.15, -0.1) is 0 Å². The molecule has 3 aromatic rings. The van der Waals surface area contributed by atoms with Gasteiger partial charge in [0.05, 0.1) is 16.8 Å². The van der Waals surface area contributed by atoms with Crippen molar-refractivity contribution in [3.05, 3.63) is 59.5 Å². The van der Waals surface area contributed by atoms with Gasteiger partial charge in [-0.2, -0.15) is 0 Å². The van der Waals surface area contributed by atoms with Crippen molar-refractivity contribution in [1.29, 1.82) is 0 Å². The molecule has 2 unspecified atom stereocenters. The summed E-state index contributed by atoms with van der Waals surface area (Å²) in [5.74, 6) is -2.04. The summed E-state index contributed by atoms with van der Waals surface area (Å²) in [5.41, 5.74) is 2.10. The summed E-state index contributed by atoms with van der Waals surface area (Å²) in [6.07, 6.45) is 1.000. The molecule has 1 heterocycles. The van der Waals surface area contributed by atoms with Crippen molar-refractivity contribution in [1.82, 2.24) is 4.57 Å². The van der Waals surface area contributed by atoms with Crippen LogP contribution in [-0.4, -0.2) is 26.5 Å². The Bertz CT molecular complexity index is 1180. The van der Waals surface area contributed by atoms with Crippen LogP contribution in [0.15, 0.2) is 42.5 Å². The number of phenolic OH excluding ortho intramolecular Hbond substituents is 1. The summed E-state index contributed by atoms with van der Waals surface area (Å²) in [7, 11) is 0. The van der Waals surface area contributed by atoms with E-state index in [2.05, 4.69) is 0 Å². The van der Waals surface area contributed by atoms with Gasteiger partial charge in [-0.05, 0) is 74.6 Å². The van der Waals surface area contributed by atoms with Crippen LogP contribution in [0, 0.1) is 11.7 Å². The first kappa shape index (κ1) is 21.1. The molecule has 162 valence electrons. The normalized spacial score (nSPS) is 18.7. The van der Waals surface area contributed by atoms with Crippen molar-refractivity contribution in [2.75, 3.05) is 0 Å². The first-order chi connectivity index (χ1) is 14.7. The molecule has 31 heavy (non-hydrogen) atoms. The maximum atomic E-state index is 13.6. The lowest BCUT2D eigenvalue weighted by Crippen LogP contribution is -2.38. The molecule has 1 aliphatic carbocycles. The van der Waals surface area contributed by atoms with Crippen LogP contribution in [0.1, 0.15) is 57.2 Å². The Kier molecular flexibility index (Phi) is 5.12. The van der Waals surface area contributed by atoms with E-state index in [1.807, 2.05) is 31.4 Å². The fourth-order valence-corrected chi connectivity index (χ4v) is 4.92. The maximum Gasteiger partial charge on any atom is 0.306 e. The Morgan fingerprint density at radius 3 is 2.52 bits per heavy atom. The number of hydrogen-bond donors (Lipinski definition) is 2. The van der Waals surface area contributed by atoms with E-state index in [1.165, 1.54) is 12.1 Å². The molecule has 0 radical (unpaired) electrons. The third kappa shape index (κ3) is 3.30. The molecule has 1 aliphatic rings. The lowest BCUT2D eigenvalue weighted by molar-refractivity contribution is -0.142. The van der Waals surface area contributed by atoms with Crippen molar-refractivity contribution in [2.24, 2.45) is 5.92 Å². The monoisotopic (exact) mass is 423 g/mol. The van der Waals surface area contributed by atoms with E-state index in [9.17, 15) is 24.2 Å². The highest BCUT2D eigenvalue weighted by molar-refractivity contribution is 6.00. The molecule has 0 saturated carbocycles. The van der Waals surface area contributed by atoms with Gasteiger partial charge in [-0.3, -0.25) is 9.59 Å². The number of fused-ring (bicyclic) bond motifs is 3. The highest BCUT2D eigenvalue weighted by atomic mass is 19.1. The van der Waals surface area contributed by atoms with Crippen LogP contribution in [0.25, 0.3) is 16.6 Å². The van der Waals surface area contributed by atoms with Crippen molar-refractivity contribution >= 4 is 22.7 Å². The zero-order valence-electron chi connectivity index (χ0n) is 17.9. The minimum absolute atomic E-state index is 0.0240. The quantitative estimate of drug-likeness (QED) is 0.583. The van der Waals surface area contributed by atoms with Crippen LogP contribution in [0.5, 0.6) is 5.75 Å². The molecular weight excluding hydrogens is 397 g/mol. The van der Waals surface area contributed by atoms with Crippen LogP contribution < -0.4 is 0 Å². The Labute approximate surface area is 180 Å². The van der Waals surface area contributed by atoms with Crippen molar-refractivity contribution < 1.29 is 24.2 Å². The SMILES string of the molecule is CCC(CC1CC(=O)C(C)(C)c2c1c1c(O)cccc1n2-c1ccc(F)cc1)C(=O)O. The lowest BCUT2D eigenvalue weighted by atomic mass is 9.68. The number of phenols is 1. The number of hydrogen-bond acceptors (Lipinski definition) is 3. The molecule has 0 saturated heterocycles. The van der Waals surface area contributed by atoms with Crippen LogP contribution in [-0.2, 0) is 15.0 Å². The average molecular weight is 423 g/mol. The standard InChI is InChI=1S/C25H26FNO4/c1-4-14(24(30)31)12-15-13-20(29)25(2,3)23-21(15)22-18(6-5-7-19(22)28)27(23)17-10-8-16(26)9-11-17/h5-11,14-15,28H,4,12-13H2,1-3H3,(H,30,31). The van der Waals surface area contributed by atoms with E-state index >= 15 is 0 Å². The number of carbonyl (C=O) groups is 2. The summed E-state index contributed by atoms with van der Waals surface area (Å²) in [6.45, 7) is 5.54. The number of rotatable bonds is 5. The molecule has 6 heteroatoms. The highest BCUT2D eigenvalue weighted by Gasteiger charge is 2.45. The van der Waals surface area contributed by atoms with E-state index in [1.54, 1.807) is 24.3 Å². The molecule has 0 fully saturated rings. The van der Waals surface area contributed by atoms with E-state index in [0.717, 1.165) is 11.3 Å². The van der Waals surface area contributed by atoms with Gasteiger partial charge in [-0.1, -0.05) is 13.0 Å². The minimum atomic E-state index is -0.882. The predicted molar refractivity (Wildman–Crippen MR) is 116 cm³/mol. The Morgan fingerprint density at radius 1 is 1.23 bits per heavy atom. The first-order valence-corrected chi connectivity index (χ1v) is 10.6. The Morgan fingerprint density at radius 2 is 1.90 bits per heavy atom. The molecule has 1 aromatic heterocycles. The summed E-state index contributed by atoms with van der Waals surface area (Å²) >= 11 is 0. The van der Waals surface area contributed by atoms with E-state index in [0.29, 0.717) is 29.4 Å². The van der Waals surface area contributed by atoms with Crippen molar-refractivity contribution in [3.63, 3.8) is 0 Å². The van der Waals surface area contributed by atoms with Gasteiger partial charge in [0.15, 0.2) is 0 Å². The second-order valence-electron chi connectivity index (χ2n) is 8.87. The fourth-order valence-electron chi connectivity index (χ4n) is 4.92. The van der Waals surface area contributed by atoms with Crippen molar-refractivity contribution in [3.8, 4) is 11.4 Å².